The van der Waals surface area contributed by atoms with Crippen LogP contribution in [0.5, 0.6) is 11.5 Å². The summed E-state index contributed by atoms with van der Waals surface area (Å²) in [4.78, 5) is 19.9. The van der Waals surface area contributed by atoms with Crippen molar-refractivity contribution in [2.24, 2.45) is 0 Å². The number of rotatable bonds is 8. The zero-order chi connectivity index (χ0) is 21.1. The maximum atomic E-state index is 10.5. The zero-order valence-electron chi connectivity index (χ0n) is 14.6. The summed E-state index contributed by atoms with van der Waals surface area (Å²) < 4.78 is 0. The van der Waals surface area contributed by atoms with Crippen molar-refractivity contribution in [2.75, 3.05) is 36.9 Å². The van der Waals surface area contributed by atoms with Crippen LogP contribution in [0.4, 0.5) is 22.7 Å². The topological polar surface area (TPSA) is 191 Å². The molecule has 12 heteroatoms. The second kappa shape index (κ2) is 11.2. The Balaban J connectivity index is 0.000000280. The molecule has 0 aromatic heterocycles. The summed E-state index contributed by atoms with van der Waals surface area (Å²) in [5.41, 5.74) is 0.139. The molecule has 0 saturated carbocycles. The highest BCUT2D eigenvalue weighted by Crippen LogP contribution is 2.28. The van der Waals surface area contributed by atoms with Gasteiger partial charge in [0.25, 0.3) is 11.4 Å². The van der Waals surface area contributed by atoms with E-state index in [2.05, 4.69) is 10.6 Å². The Morgan fingerprint density at radius 3 is 1.39 bits per heavy atom. The van der Waals surface area contributed by atoms with Crippen LogP contribution in [0.3, 0.4) is 0 Å². The van der Waals surface area contributed by atoms with Crippen LogP contribution in [0.2, 0.25) is 0 Å². The average molecular weight is 396 g/mol. The van der Waals surface area contributed by atoms with E-state index in [9.17, 15) is 20.2 Å². The normalized spacial score (nSPS) is 9.79. The second-order valence-electron chi connectivity index (χ2n) is 5.22. The van der Waals surface area contributed by atoms with E-state index in [1.807, 2.05) is 0 Å². The number of nitro benzene ring substituents is 2. The van der Waals surface area contributed by atoms with E-state index in [-0.39, 0.29) is 60.6 Å². The molecule has 0 bridgehead atoms. The molecule has 0 atom stereocenters. The molecule has 0 aliphatic carbocycles. The Morgan fingerprint density at radius 2 is 1.11 bits per heavy atom. The van der Waals surface area contributed by atoms with Gasteiger partial charge in [-0.2, -0.15) is 0 Å². The van der Waals surface area contributed by atoms with Gasteiger partial charge in [0.05, 0.1) is 35.2 Å². The van der Waals surface area contributed by atoms with Gasteiger partial charge in [0.1, 0.15) is 22.9 Å². The number of nitrogens with zero attached hydrogens (tertiary/aromatic N) is 2. The lowest BCUT2D eigenvalue weighted by Crippen LogP contribution is -2.07. The molecule has 12 nitrogen and oxygen atoms in total. The Kier molecular flexibility index (Phi) is 8.92. The average Bonchev–Trinajstić information content (AvgIpc) is 2.66. The number of benzene rings is 2. The number of nitro groups is 2. The van der Waals surface area contributed by atoms with Crippen molar-refractivity contribution in [3.8, 4) is 11.5 Å². The highest BCUT2D eigenvalue weighted by Gasteiger charge is 2.14. The first kappa shape index (κ1) is 22.4. The van der Waals surface area contributed by atoms with Crippen molar-refractivity contribution < 1.29 is 30.3 Å². The molecule has 0 amide bonds. The molecule has 0 unspecified atom stereocenters. The van der Waals surface area contributed by atoms with E-state index < -0.39 is 9.85 Å². The number of aliphatic hydroxyl groups excluding tert-OH is 2. The first-order valence-corrected chi connectivity index (χ1v) is 7.94. The summed E-state index contributed by atoms with van der Waals surface area (Å²) in [6.07, 6.45) is 0. The molecule has 0 aliphatic rings. The van der Waals surface area contributed by atoms with Crippen molar-refractivity contribution in [1.29, 1.82) is 0 Å². The third-order valence-electron chi connectivity index (χ3n) is 3.21. The predicted octanol–water partition coefficient (Wildman–Crippen LogP) is 1.41. The molecule has 0 heterocycles. The minimum absolute atomic E-state index is 0.113. The van der Waals surface area contributed by atoms with Gasteiger partial charge in [-0.1, -0.05) is 0 Å². The minimum atomic E-state index is -0.598. The van der Waals surface area contributed by atoms with Crippen LogP contribution in [-0.4, -0.2) is 56.6 Å². The van der Waals surface area contributed by atoms with E-state index in [0.29, 0.717) is 0 Å². The maximum absolute atomic E-state index is 10.5. The van der Waals surface area contributed by atoms with E-state index in [1.165, 1.54) is 24.3 Å². The third-order valence-corrected chi connectivity index (χ3v) is 3.21. The first-order chi connectivity index (χ1) is 13.3. The van der Waals surface area contributed by atoms with Crippen molar-refractivity contribution in [3.05, 3.63) is 56.6 Å². The Morgan fingerprint density at radius 1 is 0.750 bits per heavy atom. The highest BCUT2D eigenvalue weighted by atomic mass is 16.6. The van der Waals surface area contributed by atoms with Gasteiger partial charge in [-0.15, -0.1) is 0 Å². The summed E-state index contributed by atoms with van der Waals surface area (Å²) in [5.74, 6) is -0.322. The Labute approximate surface area is 159 Å². The number of phenols is 2. The smallest absolute Gasteiger partial charge is 0.296 e. The standard InChI is InChI=1S/2C8H10N2O4/c2*11-4-3-9-7-2-1-6(12)5-8(7)10(13)14/h2*1-2,5,9,11-12H,3-4H2. The summed E-state index contributed by atoms with van der Waals surface area (Å²) in [6.45, 7) is 0.229. The van der Waals surface area contributed by atoms with Gasteiger partial charge in [0.15, 0.2) is 0 Å². The molecular formula is C16H20N4O8. The van der Waals surface area contributed by atoms with Crippen molar-refractivity contribution in [1.82, 2.24) is 0 Å². The third kappa shape index (κ3) is 6.93. The Bertz CT molecular complexity index is 748. The molecule has 2 aromatic carbocycles. The fraction of sp³-hybridized carbons (Fsp3) is 0.250. The van der Waals surface area contributed by atoms with Gasteiger partial charge in [0.2, 0.25) is 0 Å². The fourth-order valence-corrected chi connectivity index (χ4v) is 2.02. The first-order valence-electron chi connectivity index (χ1n) is 7.94. The molecule has 152 valence electrons. The molecule has 0 aliphatic heterocycles. The Hall–Kier alpha value is -3.64. The van der Waals surface area contributed by atoms with Crippen LogP contribution in [0, 0.1) is 20.2 Å². The number of hydrogen-bond acceptors (Lipinski definition) is 10. The number of hydrogen-bond donors (Lipinski definition) is 6. The van der Waals surface area contributed by atoms with Crippen molar-refractivity contribution in [3.63, 3.8) is 0 Å². The molecule has 0 spiro atoms. The van der Waals surface area contributed by atoms with Crippen molar-refractivity contribution in [2.45, 2.75) is 0 Å². The number of anilines is 2. The summed E-state index contributed by atoms with van der Waals surface area (Å²) >= 11 is 0. The van der Waals surface area contributed by atoms with Gasteiger partial charge in [-0.3, -0.25) is 20.2 Å². The molecule has 2 aromatic rings. The number of nitrogens with one attached hydrogen (secondary N) is 2. The molecule has 0 radical (unpaired) electrons. The lowest BCUT2D eigenvalue weighted by atomic mass is 10.2. The van der Waals surface area contributed by atoms with Crippen LogP contribution >= 0.6 is 0 Å². The summed E-state index contributed by atoms with van der Waals surface area (Å²) in [5, 5.41) is 61.5. The number of aliphatic hydroxyl groups is 2. The van der Waals surface area contributed by atoms with Gasteiger partial charge < -0.3 is 31.1 Å². The van der Waals surface area contributed by atoms with Gasteiger partial charge in [-0.25, -0.2) is 0 Å². The van der Waals surface area contributed by atoms with Gasteiger partial charge >= 0.3 is 0 Å². The lowest BCUT2D eigenvalue weighted by molar-refractivity contribution is -0.384. The van der Waals surface area contributed by atoms with E-state index in [1.54, 1.807) is 0 Å². The minimum Gasteiger partial charge on any atom is -0.508 e. The molecular weight excluding hydrogens is 376 g/mol. The number of phenolic OH excluding ortho intramolecular Hbond substituents is 2. The SMILES string of the molecule is O=[N+]([O-])c1cc(O)ccc1NCCO.O=[N+]([O-])c1cc(O)ccc1NCCO. The summed E-state index contributed by atoms with van der Waals surface area (Å²) in [6, 6.07) is 7.57. The molecule has 28 heavy (non-hydrogen) atoms. The van der Waals surface area contributed by atoms with E-state index in [0.717, 1.165) is 12.1 Å². The quantitative estimate of drug-likeness (QED) is 0.216. The summed E-state index contributed by atoms with van der Waals surface area (Å²) in [7, 11) is 0. The van der Waals surface area contributed by atoms with Gasteiger partial charge in [-0.05, 0) is 24.3 Å². The largest absolute Gasteiger partial charge is 0.508 e. The van der Waals surface area contributed by atoms with Crippen molar-refractivity contribution >= 4 is 22.7 Å². The van der Waals surface area contributed by atoms with E-state index in [4.69, 9.17) is 20.4 Å². The molecule has 0 saturated heterocycles. The molecule has 2 rings (SSSR count). The van der Waals surface area contributed by atoms with Crippen LogP contribution in [0.15, 0.2) is 36.4 Å². The van der Waals surface area contributed by atoms with E-state index >= 15 is 0 Å². The molecule has 6 N–H and O–H groups in total. The second-order valence-corrected chi connectivity index (χ2v) is 5.22. The van der Waals surface area contributed by atoms with Crippen LogP contribution < -0.4 is 10.6 Å². The lowest BCUT2D eigenvalue weighted by Gasteiger charge is -2.04. The fourth-order valence-electron chi connectivity index (χ4n) is 2.02. The maximum Gasteiger partial charge on any atom is 0.296 e. The van der Waals surface area contributed by atoms with Crippen LogP contribution in [-0.2, 0) is 0 Å². The highest BCUT2D eigenvalue weighted by molar-refractivity contribution is 5.64. The zero-order valence-corrected chi connectivity index (χ0v) is 14.6. The monoisotopic (exact) mass is 396 g/mol. The van der Waals surface area contributed by atoms with Crippen LogP contribution in [0.25, 0.3) is 0 Å². The predicted molar refractivity (Wildman–Crippen MR) is 101 cm³/mol. The number of aromatic hydroxyl groups is 2. The van der Waals surface area contributed by atoms with Gasteiger partial charge in [0, 0.05) is 13.1 Å². The van der Waals surface area contributed by atoms with Crippen LogP contribution in [0.1, 0.15) is 0 Å². The molecule has 0 fully saturated rings.